The molecule has 1 amide bonds. The second-order valence-corrected chi connectivity index (χ2v) is 8.77. The number of carbonyl (C=O) groups is 3. The molecule has 1 aliphatic rings. The first kappa shape index (κ1) is 24.9. The number of aryl methyl sites for hydroxylation is 1. The van der Waals surface area contributed by atoms with Gasteiger partial charge in [-0.25, -0.2) is 9.59 Å². The van der Waals surface area contributed by atoms with Gasteiger partial charge < -0.3 is 24.3 Å². The highest BCUT2D eigenvalue weighted by Crippen LogP contribution is 2.33. The topological polar surface area (TPSA) is 105 Å². The maximum atomic E-state index is 12.8. The molecule has 0 spiro atoms. The Morgan fingerprint density at radius 1 is 0.941 bits per heavy atom. The van der Waals surface area contributed by atoms with Crippen LogP contribution < -0.4 is 10.1 Å². The van der Waals surface area contributed by atoms with Gasteiger partial charge in [0.05, 0.1) is 31.1 Å². The smallest absolute Gasteiger partial charge is 0.434 e. The van der Waals surface area contributed by atoms with Crippen LogP contribution >= 0.6 is 0 Å². The third kappa shape index (κ3) is 5.98. The molecule has 0 saturated heterocycles. The number of hydrogen-bond donors (Lipinski definition) is 1. The van der Waals surface area contributed by atoms with Gasteiger partial charge in [0, 0.05) is 6.07 Å². The SMILES string of the molecule is Cc1ccccc1-n1c(OC(=O)OCC(C)C)ccc1C1=C(OC(=O)OCC(C)C)CNC1=O. The predicted octanol–water partition coefficient (Wildman–Crippen LogP) is 4.61. The lowest BCUT2D eigenvalue weighted by Gasteiger charge is -2.16. The Labute approximate surface area is 198 Å². The van der Waals surface area contributed by atoms with E-state index in [4.69, 9.17) is 18.9 Å². The Balaban J connectivity index is 2.02. The van der Waals surface area contributed by atoms with E-state index in [1.807, 2.05) is 58.9 Å². The van der Waals surface area contributed by atoms with Crippen molar-refractivity contribution >= 4 is 23.8 Å². The van der Waals surface area contributed by atoms with Crippen LogP contribution in [0.5, 0.6) is 5.88 Å². The Bertz CT molecular complexity index is 1100. The number of ether oxygens (including phenoxy) is 4. The Morgan fingerprint density at radius 2 is 1.56 bits per heavy atom. The second-order valence-electron chi connectivity index (χ2n) is 8.77. The van der Waals surface area contributed by atoms with Gasteiger partial charge in [-0.1, -0.05) is 45.9 Å². The molecule has 9 heteroatoms. The van der Waals surface area contributed by atoms with Gasteiger partial charge in [0.2, 0.25) is 5.88 Å². The normalized spacial score (nSPS) is 13.3. The van der Waals surface area contributed by atoms with Crippen molar-refractivity contribution in [3.8, 4) is 11.6 Å². The van der Waals surface area contributed by atoms with Crippen LogP contribution in [0.15, 0.2) is 42.2 Å². The van der Waals surface area contributed by atoms with E-state index in [0.717, 1.165) is 5.56 Å². The molecular formula is C25H30N2O7. The van der Waals surface area contributed by atoms with E-state index in [0.29, 0.717) is 11.4 Å². The molecule has 0 radical (unpaired) electrons. The summed E-state index contributed by atoms with van der Waals surface area (Å²) in [6.45, 7) is 9.96. The van der Waals surface area contributed by atoms with Crippen molar-refractivity contribution in [3.05, 3.63) is 53.4 Å². The molecule has 0 unspecified atom stereocenters. The van der Waals surface area contributed by atoms with Crippen molar-refractivity contribution in [2.24, 2.45) is 11.8 Å². The van der Waals surface area contributed by atoms with Crippen molar-refractivity contribution < 1.29 is 33.3 Å². The minimum absolute atomic E-state index is 0.0243. The summed E-state index contributed by atoms with van der Waals surface area (Å²) in [7, 11) is 0. The van der Waals surface area contributed by atoms with Gasteiger partial charge in [-0.15, -0.1) is 0 Å². The summed E-state index contributed by atoms with van der Waals surface area (Å²) in [4.78, 5) is 37.2. The van der Waals surface area contributed by atoms with E-state index >= 15 is 0 Å². The Kier molecular flexibility index (Phi) is 7.99. The summed E-state index contributed by atoms with van der Waals surface area (Å²) in [5.41, 5.74) is 2.10. The highest BCUT2D eigenvalue weighted by molar-refractivity contribution is 6.22. The van der Waals surface area contributed by atoms with E-state index in [2.05, 4.69) is 5.32 Å². The standard InChI is InChI=1S/C25H30N2O7/c1-15(2)13-31-24(29)33-20-12-26-23(28)22(20)19-10-11-21(34-25(30)32-14-16(3)4)27(19)18-9-7-6-8-17(18)5/h6-11,15-16H,12-14H2,1-5H3,(H,26,28). The van der Waals surface area contributed by atoms with Crippen LogP contribution in [0.1, 0.15) is 39.0 Å². The van der Waals surface area contributed by atoms with Crippen LogP contribution in [0, 0.1) is 18.8 Å². The molecule has 1 aromatic heterocycles. The number of nitrogens with one attached hydrogen (secondary N) is 1. The van der Waals surface area contributed by atoms with E-state index in [1.165, 1.54) is 0 Å². The zero-order valence-electron chi connectivity index (χ0n) is 20.0. The molecule has 182 valence electrons. The molecule has 9 nitrogen and oxygen atoms in total. The average Bonchev–Trinajstić information content (AvgIpc) is 3.33. The van der Waals surface area contributed by atoms with Gasteiger partial charge in [0.25, 0.3) is 5.91 Å². The van der Waals surface area contributed by atoms with Crippen LogP contribution in [0.2, 0.25) is 0 Å². The van der Waals surface area contributed by atoms with Gasteiger partial charge in [0.1, 0.15) is 11.3 Å². The van der Waals surface area contributed by atoms with Crippen molar-refractivity contribution in [1.82, 2.24) is 9.88 Å². The summed E-state index contributed by atoms with van der Waals surface area (Å²) in [6, 6.07) is 10.6. The van der Waals surface area contributed by atoms with Crippen LogP contribution in [0.4, 0.5) is 9.59 Å². The molecule has 1 N–H and O–H groups in total. The molecule has 1 aromatic carbocycles. The van der Waals surface area contributed by atoms with Gasteiger partial charge in [-0.2, -0.15) is 0 Å². The van der Waals surface area contributed by atoms with Crippen molar-refractivity contribution in [2.45, 2.75) is 34.6 Å². The zero-order chi connectivity index (χ0) is 24.8. The number of hydrogen-bond acceptors (Lipinski definition) is 7. The summed E-state index contributed by atoms with van der Waals surface area (Å²) in [6.07, 6.45) is -1.74. The minimum Gasteiger partial charge on any atom is -0.434 e. The number of benzene rings is 1. The van der Waals surface area contributed by atoms with Gasteiger partial charge >= 0.3 is 12.3 Å². The van der Waals surface area contributed by atoms with E-state index in [9.17, 15) is 14.4 Å². The first-order valence-corrected chi connectivity index (χ1v) is 11.2. The van der Waals surface area contributed by atoms with Crippen LogP contribution in [-0.4, -0.2) is 42.5 Å². The fourth-order valence-electron chi connectivity index (χ4n) is 3.28. The molecule has 3 rings (SSSR count). The third-order valence-corrected chi connectivity index (χ3v) is 4.84. The number of aromatic nitrogens is 1. The number of carbonyl (C=O) groups excluding carboxylic acids is 3. The molecule has 2 aromatic rings. The maximum absolute atomic E-state index is 12.8. The lowest BCUT2D eigenvalue weighted by atomic mass is 10.1. The van der Waals surface area contributed by atoms with Crippen LogP contribution in [0.25, 0.3) is 11.3 Å². The number of nitrogens with zero attached hydrogens (tertiary/aromatic N) is 1. The van der Waals surface area contributed by atoms with Crippen LogP contribution in [0.3, 0.4) is 0 Å². The monoisotopic (exact) mass is 470 g/mol. The molecule has 0 fully saturated rings. The number of para-hydroxylation sites is 1. The maximum Gasteiger partial charge on any atom is 0.515 e. The molecular weight excluding hydrogens is 440 g/mol. The van der Waals surface area contributed by atoms with Crippen molar-refractivity contribution in [3.63, 3.8) is 0 Å². The molecule has 0 atom stereocenters. The Morgan fingerprint density at radius 3 is 2.18 bits per heavy atom. The number of rotatable bonds is 8. The third-order valence-electron chi connectivity index (χ3n) is 4.84. The first-order chi connectivity index (χ1) is 16.2. The molecule has 0 bridgehead atoms. The summed E-state index contributed by atoms with van der Waals surface area (Å²) in [5.74, 6) is 0.146. The van der Waals surface area contributed by atoms with E-state index in [1.54, 1.807) is 16.7 Å². The van der Waals surface area contributed by atoms with Crippen molar-refractivity contribution in [2.75, 3.05) is 19.8 Å². The lowest BCUT2D eigenvalue weighted by molar-refractivity contribution is -0.114. The highest BCUT2D eigenvalue weighted by Gasteiger charge is 2.32. The molecule has 0 aliphatic carbocycles. The second kappa shape index (κ2) is 10.9. The molecule has 1 aliphatic heterocycles. The average molecular weight is 471 g/mol. The van der Waals surface area contributed by atoms with Crippen LogP contribution in [-0.2, 0) is 19.0 Å². The fourth-order valence-corrected chi connectivity index (χ4v) is 3.28. The highest BCUT2D eigenvalue weighted by atomic mass is 16.7. The van der Waals surface area contributed by atoms with E-state index < -0.39 is 18.2 Å². The summed E-state index contributed by atoms with van der Waals surface area (Å²) < 4.78 is 22.7. The minimum atomic E-state index is -0.888. The molecule has 34 heavy (non-hydrogen) atoms. The molecule has 2 heterocycles. The van der Waals surface area contributed by atoms with Gasteiger partial charge in [0.15, 0.2) is 0 Å². The predicted molar refractivity (Wildman–Crippen MR) is 125 cm³/mol. The quantitative estimate of drug-likeness (QED) is 0.562. The Hall–Kier alpha value is -3.75. The first-order valence-electron chi connectivity index (χ1n) is 11.2. The summed E-state index contributed by atoms with van der Waals surface area (Å²) in [5, 5.41) is 2.67. The fraction of sp³-hybridized carbons (Fsp3) is 0.400. The largest absolute Gasteiger partial charge is 0.515 e. The zero-order valence-corrected chi connectivity index (χ0v) is 20.0. The lowest BCUT2D eigenvalue weighted by Crippen LogP contribution is -2.19. The van der Waals surface area contributed by atoms with E-state index in [-0.39, 0.29) is 48.8 Å². The van der Waals surface area contributed by atoms with Gasteiger partial charge in [-0.3, -0.25) is 9.36 Å². The molecule has 0 saturated carbocycles. The van der Waals surface area contributed by atoms with Crippen molar-refractivity contribution in [1.29, 1.82) is 0 Å². The number of amides is 1. The summed E-state index contributed by atoms with van der Waals surface area (Å²) >= 11 is 0. The van der Waals surface area contributed by atoms with Gasteiger partial charge in [-0.05, 0) is 36.5 Å².